The molecule has 0 aliphatic rings. The summed E-state index contributed by atoms with van der Waals surface area (Å²) in [5.41, 5.74) is -0.392. The Kier molecular flexibility index (Phi) is 6.22. The summed E-state index contributed by atoms with van der Waals surface area (Å²) >= 11 is 0. The van der Waals surface area contributed by atoms with Gasteiger partial charge in [-0.25, -0.2) is 4.79 Å². The summed E-state index contributed by atoms with van der Waals surface area (Å²) in [6.45, 7) is 2.43. The quantitative estimate of drug-likeness (QED) is 0.350. The van der Waals surface area contributed by atoms with Gasteiger partial charge in [-0.1, -0.05) is 13.5 Å². The molecule has 25 heavy (non-hydrogen) atoms. The van der Waals surface area contributed by atoms with Gasteiger partial charge in [0.1, 0.15) is 6.61 Å². The fraction of sp³-hybridized carbons (Fsp3) is 0.750. The summed E-state index contributed by atoms with van der Waals surface area (Å²) in [6.07, 6.45) is -7.22. The van der Waals surface area contributed by atoms with E-state index in [4.69, 9.17) is 0 Å². The Morgan fingerprint density at radius 3 is 1.60 bits per heavy atom. The molecule has 0 fully saturated rings. The van der Waals surface area contributed by atoms with Gasteiger partial charge in [-0.3, -0.25) is 0 Å². The lowest BCUT2D eigenvalue weighted by Crippen LogP contribution is -2.67. The highest BCUT2D eigenvalue weighted by atomic mass is 19.4. The first kappa shape index (κ1) is 23.4. The van der Waals surface area contributed by atoms with E-state index in [2.05, 4.69) is 11.3 Å². The molecule has 148 valence electrons. The second-order valence-corrected chi connectivity index (χ2v) is 5.12. The second-order valence-electron chi connectivity index (χ2n) is 5.12. The SMILES string of the molecule is C=C(C)C(=O)OCC(C)C(F)(F)C(F)(F)C(F)(F)C(F)(F)C(F)(F)F. The van der Waals surface area contributed by atoms with E-state index in [0.29, 0.717) is 0 Å². The minimum atomic E-state index is -7.48. The average Bonchev–Trinajstić information content (AvgIpc) is 2.41. The summed E-state index contributed by atoms with van der Waals surface area (Å²) in [5, 5.41) is 0. The predicted molar refractivity (Wildman–Crippen MR) is 60.8 cm³/mol. The molecule has 13 heteroatoms. The molecule has 0 spiro atoms. The molecule has 0 rings (SSSR count). The molecule has 1 atom stereocenters. The molecule has 0 amide bonds. The van der Waals surface area contributed by atoms with Crippen molar-refractivity contribution in [2.24, 2.45) is 5.92 Å². The normalized spacial score (nSPS) is 15.7. The van der Waals surface area contributed by atoms with Crippen molar-refractivity contribution in [1.82, 2.24) is 0 Å². The zero-order chi connectivity index (χ0) is 20.6. The van der Waals surface area contributed by atoms with Gasteiger partial charge in [0, 0.05) is 5.57 Å². The van der Waals surface area contributed by atoms with Crippen LogP contribution in [0.25, 0.3) is 0 Å². The molecule has 0 bridgehead atoms. The van der Waals surface area contributed by atoms with Crippen molar-refractivity contribution in [2.45, 2.75) is 43.7 Å². The van der Waals surface area contributed by atoms with Crippen molar-refractivity contribution in [3.63, 3.8) is 0 Å². The summed E-state index contributed by atoms with van der Waals surface area (Å²) < 4.78 is 145. The van der Waals surface area contributed by atoms with Gasteiger partial charge in [-0.05, 0) is 6.92 Å². The standard InChI is InChI=1S/C12H11F11O2/c1-5(2)7(24)25-4-6(3)8(13,14)9(15,16)10(17,18)11(19,20)12(21,22)23/h6H,1,4H2,2-3H3. The van der Waals surface area contributed by atoms with Crippen LogP contribution in [-0.4, -0.2) is 42.4 Å². The largest absolute Gasteiger partial charge is 0.462 e. The molecular formula is C12H11F11O2. The van der Waals surface area contributed by atoms with Crippen LogP contribution in [0, 0.1) is 5.92 Å². The van der Waals surface area contributed by atoms with Gasteiger partial charge in [0.15, 0.2) is 0 Å². The number of ether oxygens (including phenoxy) is 1. The van der Waals surface area contributed by atoms with Crippen LogP contribution in [0.5, 0.6) is 0 Å². The highest BCUT2D eigenvalue weighted by molar-refractivity contribution is 5.86. The zero-order valence-electron chi connectivity index (χ0n) is 12.5. The fourth-order valence-corrected chi connectivity index (χ4v) is 1.32. The summed E-state index contributed by atoms with van der Waals surface area (Å²) in [7, 11) is 0. The van der Waals surface area contributed by atoms with Gasteiger partial charge in [-0.2, -0.15) is 48.3 Å². The summed E-state index contributed by atoms with van der Waals surface area (Å²) in [4.78, 5) is 10.9. The predicted octanol–water partition coefficient (Wildman–Crippen LogP) is 4.85. The van der Waals surface area contributed by atoms with Crippen LogP contribution in [0.1, 0.15) is 13.8 Å². The molecule has 0 aromatic heterocycles. The number of carbonyl (C=O) groups is 1. The Balaban J connectivity index is 5.72. The van der Waals surface area contributed by atoms with E-state index in [9.17, 15) is 53.1 Å². The maximum atomic E-state index is 13.5. The molecule has 0 aliphatic heterocycles. The first-order chi connectivity index (χ1) is 10.7. The Morgan fingerprint density at radius 1 is 0.880 bits per heavy atom. The maximum Gasteiger partial charge on any atom is 0.460 e. The highest BCUT2D eigenvalue weighted by Crippen LogP contribution is 2.58. The van der Waals surface area contributed by atoms with Gasteiger partial charge >= 0.3 is 35.8 Å². The molecule has 2 nitrogen and oxygen atoms in total. The van der Waals surface area contributed by atoms with E-state index in [1.54, 1.807) is 0 Å². The second kappa shape index (κ2) is 6.63. The Hall–Kier alpha value is -1.56. The van der Waals surface area contributed by atoms with E-state index in [-0.39, 0.29) is 6.92 Å². The van der Waals surface area contributed by atoms with Crippen LogP contribution >= 0.6 is 0 Å². The number of hydrogen-bond donors (Lipinski definition) is 0. The van der Waals surface area contributed by atoms with Crippen molar-refractivity contribution in [1.29, 1.82) is 0 Å². The first-order valence-corrected chi connectivity index (χ1v) is 6.15. The molecule has 0 heterocycles. The number of carbonyl (C=O) groups excluding carboxylic acids is 1. The fourth-order valence-electron chi connectivity index (χ4n) is 1.32. The van der Waals surface area contributed by atoms with E-state index in [1.807, 2.05) is 0 Å². The van der Waals surface area contributed by atoms with E-state index >= 15 is 0 Å². The number of alkyl halides is 11. The topological polar surface area (TPSA) is 26.3 Å². The Bertz CT molecular complexity index is 522. The monoisotopic (exact) mass is 396 g/mol. The summed E-state index contributed by atoms with van der Waals surface area (Å²) in [6, 6.07) is 0. The molecular weight excluding hydrogens is 385 g/mol. The van der Waals surface area contributed by atoms with Gasteiger partial charge in [0.2, 0.25) is 0 Å². The molecule has 0 radical (unpaired) electrons. The Labute approximate surface area is 133 Å². The minimum Gasteiger partial charge on any atom is -0.462 e. The van der Waals surface area contributed by atoms with E-state index < -0.39 is 53.9 Å². The lowest BCUT2D eigenvalue weighted by molar-refractivity contribution is -0.426. The van der Waals surface area contributed by atoms with E-state index in [1.165, 1.54) is 0 Å². The van der Waals surface area contributed by atoms with Crippen LogP contribution in [-0.2, 0) is 9.53 Å². The molecule has 1 unspecified atom stereocenters. The number of hydrogen-bond acceptors (Lipinski definition) is 2. The number of rotatable bonds is 7. The first-order valence-electron chi connectivity index (χ1n) is 6.15. The maximum absolute atomic E-state index is 13.5. The van der Waals surface area contributed by atoms with Crippen LogP contribution < -0.4 is 0 Å². The third kappa shape index (κ3) is 3.84. The molecule has 0 saturated heterocycles. The van der Waals surface area contributed by atoms with Crippen molar-refractivity contribution in [3.05, 3.63) is 12.2 Å². The van der Waals surface area contributed by atoms with Crippen LogP contribution in [0.3, 0.4) is 0 Å². The van der Waals surface area contributed by atoms with E-state index in [0.717, 1.165) is 6.92 Å². The van der Waals surface area contributed by atoms with Crippen LogP contribution in [0.4, 0.5) is 48.3 Å². The van der Waals surface area contributed by atoms with Gasteiger partial charge < -0.3 is 4.74 Å². The number of halogens is 11. The Morgan fingerprint density at radius 2 is 1.28 bits per heavy atom. The third-order valence-corrected chi connectivity index (χ3v) is 3.00. The van der Waals surface area contributed by atoms with Gasteiger partial charge in [0.05, 0.1) is 5.92 Å². The summed E-state index contributed by atoms with van der Waals surface area (Å²) in [5.74, 6) is -32.5. The van der Waals surface area contributed by atoms with Crippen LogP contribution in [0.2, 0.25) is 0 Å². The molecule has 0 aromatic rings. The highest BCUT2D eigenvalue weighted by Gasteiger charge is 2.87. The average molecular weight is 396 g/mol. The molecule has 0 N–H and O–H groups in total. The molecule has 0 aliphatic carbocycles. The van der Waals surface area contributed by atoms with Crippen molar-refractivity contribution >= 4 is 5.97 Å². The lowest BCUT2D eigenvalue weighted by atomic mass is 9.90. The molecule has 0 saturated carbocycles. The third-order valence-electron chi connectivity index (χ3n) is 3.00. The van der Waals surface area contributed by atoms with Crippen LogP contribution in [0.15, 0.2) is 12.2 Å². The van der Waals surface area contributed by atoms with Crippen molar-refractivity contribution in [3.8, 4) is 0 Å². The smallest absolute Gasteiger partial charge is 0.460 e. The van der Waals surface area contributed by atoms with Crippen molar-refractivity contribution in [2.75, 3.05) is 6.61 Å². The molecule has 0 aromatic carbocycles. The zero-order valence-corrected chi connectivity index (χ0v) is 12.5. The minimum absolute atomic E-state index is 0.0986. The number of esters is 1. The van der Waals surface area contributed by atoms with Gasteiger partial charge in [0.25, 0.3) is 0 Å². The van der Waals surface area contributed by atoms with Crippen molar-refractivity contribution < 1.29 is 57.8 Å². The lowest BCUT2D eigenvalue weighted by Gasteiger charge is -2.39. The van der Waals surface area contributed by atoms with Gasteiger partial charge in [-0.15, -0.1) is 0 Å².